The predicted molar refractivity (Wildman–Crippen MR) is 366 cm³/mol. The van der Waals surface area contributed by atoms with E-state index in [-0.39, 0.29) is 127 Å². The number of hydrogen-bond donors (Lipinski definition) is 17. The first-order chi connectivity index (χ1) is 48.9. The maximum Gasteiger partial charge on any atom is 0.326 e. The number of benzene rings is 2. The number of imide groups is 1. The molecule has 568 valence electrons. The van der Waals surface area contributed by atoms with Gasteiger partial charge in [-0.1, -0.05) is 32.8 Å². The number of amides is 13. The minimum absolute atomic E-state index is 0.0145. The minimum atomic E-state index is -1.57. The molecule has 0 saturated carbocycles. The molecule has 2 aromatic rings. The number of carbonyl (C=O) groups excluding carboxylic acids is 12. The lowest BCUT2D eigenvalue weighted by atomic mass is 10.0. The maximum absolute atomic E-state index is 13.9. The van der Waals surface area contributed by atoms with E-state index in [1.165, 1.54) is 43.3 Å². The van der Waals surface area contributed by atoms with Crippen LogP contribution in [0.3, 0.4) is 0 Å². The number of carboxylic acids is 4. The van der Waals surface area contributed by atoms with Gasteiger partial charge in [-0.15, -0.1) is 0 Å². The molecule has 6 atom stereocenters. The van der Waals surface area contributed by atoms with E-state index in [1.54, 1.807) is 19.9 Å². The molecule has 0 spiro atoms. The molecule has 36 heteroatoms. The highest BCUT2D eigenvalue weighted by atomic mass is 16.5. The van der Waals surface area contributed by atoms with Crippen molar-refractivity contribution >= 4 is 101 Å². The monoisotopic (exact) mass is 1450 g/mol. The van der Waals surface area contributed by atoms with Crippen molar-refractivity contribution < 1.29 is 112 Å². The maximum atomic E-state index is 13.9. The highest BCUT2D eigenvalue weighted by Gasteiger charge is 2.32. The Morgan fingerprint density at radius 1 is 0.485 bits per heavy atom. The van der Waals surface area contributed by atoms with Crippen molar-refractivity contribution in [3.05, 3.63) is 71.3 Å². The number of phenols is 1. The van der Waals surface area contributed by atoms with E-state index in [1.807, 2.05) is 5.32 Å². The number of urea groups is 1. The zero-order valence-electron chi connectivity index (χ0n) is 57.9. The van der Waals surface area contributed by atoms with Crippen LogP contribution in [0.1, 0.15) is 150 Å². The number of phenolic OH excluding ortho intramolecular Hbond substituents is 1. The molecule has 0 bridgehead atoms. The second kappa shape index (κ2) is 47.5. The average Bonchev–Trinajstić information content (AvgIpc) is 1.61. The van der Waals surface area contributed by atoms with Crippen LogP contribution in [0.25, 0.3) is 0 Å². The standard InChI is InChI=1S/C67H97N13O23/c1-40(2)59(64(96)74-41(3)60(92)73-39-54(85)76-49-38-42(13-21-50(49)81)37-45(68)18-25-57(88)89)79-63(95)46(75-53(84)12-10-32-80-55(86)23-24-56(80)87)11-6-9-29-70-52(83)27-33-102-35-36-103-34-31-72-62(94)44-16-14-43(15-17-44)61(93)71-30-8-5-4-7-28-69-51(82)22-19-47(65(97)98)77-67(101)78-48(66(99)100)20-26-58(90)91/h13-17,21,23-24,38,40-41,45-48,59,81H,4-12,18-20,22,25-37,39,68H2,1-3H3,(H,69,82)(H,70,83)(H,71,93)(H,72,94)(H,73,92)(H,74,96)(H,75,84)(H,76,85)(H,79,95)(H,88,89)(H,90,91)(H,97,98)(H,99,100)(H2,77,78,101)/t41-,45+,46-,47-,48-,59-/m0/s1. The number of ether oxygens (including phenoxy) is 2. The molecule has 1 aliphatic rings. The molecule has 103 heavy (non-hydrogen) atoms. The van der Waals surface area contributed by atoms with Crippen LogP contribution in [0.5, 0.6) is 5.75 Å². The average molecular weight is 1450 g/mol. The van der Waals surface area contributed by atoms with Crippen molar-refractivity contribution in [1.82, 2.24) is 58.1 Å². The van der Waals surface area contributed by atoms with Crippen molar-refractivity contribution in [2.45, 2.75) is 166 Å². The topological polar surface area (TPSA) is 554 Å². The Morgan fingerprint density at radius 3 is 1.59 bits per heavy atom. The Morgan fingerprint density at radius 2 is 1.02 bits per heavy atom. The van der Waals surface area contributed by atoms with E-state index in [0.29, 0.717) is 68.3 Å². The van der Waals surface area contributed by atoms with Crippen LogP contribution in [0.2, 0.25) is 0 Å². The van der Waals surface area contributed by atoms with Gasteiger partial charge < -0.3 is 99.2 Å². The van der Waals surface area contributed by atoms with Crippen molar-refractivity contribution in [2.75, 3.05) is 71.0 Å². The van der Waals surface area contributed by atoms with Crippen LogP contribution in [0, 0.1) is 5.92 Å². The molecule has 0 radical (unpaired) electrons. The van der Waals surface area contributed by atoms with Crippen LogP contribution >= 0.6 is 0 Å². The fourth-order valence-electron chi connectivity index (χ4n) is 9.81. The highest BCUT2D eigenvalue weighted by Crippen LogP contribution is 2.25. The van der Waals surface area contributed by atoms with Gasteiger partial charge in [-0.2, -0.15) is 0 Å². The normalized spacial score (nSPS) is 13.4. The Bertz CT molecular complexity index is 3260. The number of unbranched alkanes of at least 4 members (excludes halogenated alkanes) is 4. The molecule has 36 nitrogen and oxygen atoms in total. The Hall–Kier alpha value is -10.6. The molecule has 0 aliphatic carbocycles. The number of nitrogens with one attached hydrogen (secondary N) is 11. The first kappa shape index (κ1) is 86.6. The summed E-state index contributed by atoms with van der Waals surface area (Å²) in [7, 11) is 0. The van der Waals surface area contributed by atoms with Crippen LogP contribution in [0.15, 0.2) is 54.6 Å². The molecule has 3 rings (SSSR count). The largest absolute Gasteiger partial charge is 0.506 e. The van der Waals surface area contributed by atoms with Crippen molar-refractivity contribution in [3.63, 3.8) is 0 Å². The molecule has 1 heterocycles. The lowest BCUT2D eigenvalue weighted by molar-refractivity contribution is -0.141. The number of carboxylic acid groups (broad SMARTS) is 4. The summed E-state index contributed by atoms with van der Waals surface area (Å²) in [5.41, 5.74) is 7.31. The van der Waals surface area contributed by atoms with Crippen molar-refractivity contribution in [2.24, 2.45) is 11.7 Å². The van der Waals surface area contributed by atoms with E-state index in [2.05, 4.69) is 53.2 Å². The first-order valence-corrected chi connectivity index (χ1v) is 33.8. The molecule has 18 N–H and O–H groups in total. The fraction of sp³-hybridized carbons (Fsp3) is 0.552. The van der Waals surface area contributed by atoms with Gasteiger partial charge in [-0.05, 0) is 119 Å². The van der Waals surface area contributed by atoms with Gasteiger partial charge in [0.25, 0.3) is 23.6 Å². The van der Waals surface area contributed by atoms with Gasteiger partial charge in [0.1, 0.15) is 36.0 Å². The third-order valence-corrected chi connectivity index (χ3v) is 15.6. The van der Waals surface area contributed by atoms with Crippen molar-refractivity contribution in [3.8, 4) is 5.75 Å². The zero-order valence-corrected chi connectivity index (χ0v) is 57.9. The van der Waals surface area contributed by atoms with Gasteiger partial charge in [0.05, 0.1) is 38.7 Å². The van der Waals surface area contributed by atoms with Crippen LogP contribution < -0.4 is 64.2 Å². The molecular weight excluding hydrogens is 1350 g/mol. The zero-order chi connectivity index (χ0) is 76.4. The molecule has 0 fully saturated rings. The van der Waals surface area contributed by atoms with E-state index in [0.717, 1.165) is 17.1 Å². The Labute approximate surface area is 594 Å². The summed E-state index contributed by atoms with van der Waals surface area (Å²) < 4.78 is 11.0. The van der Waals surface area contributed by atoms with E-state index in [9.17, 15) is 92.0 Å². The summed E-state index contributed by atoms with van der Waals surface area (Å²) in [5.74, 6) is -12.2. The summed E-state index contributed by atoms with van der Waals surface area (Å²) in [5, 5.41) is 74.5. The number of anilines is 1. The van der Waals surface area contributed by atoms with Crippen molar-refractivity contribution in [1.29, 1.82) is 0 Å². The number of nitrogens with two attached hydrogens (primary N) is 1. The summed E-state index contributed by atoms with van der Waals surface area (Å²) in [6.45, 7) is 5.58. The molecule has 2 aromatic carbocycles. The van der Waals surface area contributed by atoms with Gasteiger partial charge in [-0.3, -0.25) is 67.2 Å². The number of carbonyl (C=O) groups is 16. The Kier molecular flexibility index (Phi) is 39.9. The lowest BCUT2D eigenvalue weighted by Crippen LogP contribution is -2.58. The first-order valence-electron chi connectivity index (χ1n) is 33.8. The second-order valence-electron chi connectivity index (χ2n) is 24.4. The summed E-state index contributed by atoms with van der Waals surface area (Å²) in [6, 6.07) is 2.06. The molecule has 13 amide bonds. The van der Waals surface area contributed by atoms with Crippen LogP contribution in [0.4, 0.5) is 10.5 Å². The van der Waals surface area contributed by atoms with Gasteiger partial charge in [0.15, 0.2) is 0 Å². The summed E-state index contributed by atoms with van der Waals surface area (Å²) in [6.07, 6.45) is 4.36. The quantitative estimate of drug-likeness (QED) is 0.0224. The number of aromatic hydroxyl groups is 1. The van der Waals surface area contributed by atoms with E-state index >= 15 is 0 Å². The third kappa shape index (κ3) is 36.0. The number of hydrogen-bond acceptors (Lipinski definition) is 20. The summed E-state index contributed by atoms with van der Waals surface area (Å²) >= 11 is 0. The van der Waals surface area contributed by atoms with E-state index in [4.69, 9.17) is 25.4 Å². The van der Waals surface area contributed by atoms with Gasteiger partial charge in [0.2, 0.25) is 41.4 Å². The number of aliphatic carboxylic acids is 4. The third-order valence-electron chi connectivity index (χ3n) is 15.6. The molecular formula is C67H97N13O23. The SMILES string of the molecule is CC(C)[C@H](NC(=O)[C@H](CCCCNC(=O)CCOCCOCCNC(=O)c1ccc(C(=O)NCCCCCCNC(=O)CC[C@H](NC(=O)N[C@@H](CCC(=O)O)C(=O)O)C(=O)O)cc1)NC(=O)CCCN1C(=O)C=CC1=O)C(=O)N[C@@H](C)C(=O)NCC(=O)Nc1cc(C[C@H](N)CCC(=O)O)ccc1O. The van der Waals surface area contributed by atoms with Crippen LogP contribution in [-0.2, 0) is 78.2 Å². The minimum Gasteiger partial charge on any atom is -0.506 e. The smallest absolute Gasteiger partial charge is 0.326 e. The van der Waals surface area contributed by atoms with Crippen LogP contribution in [-0.4, -0.2) is 227 Å². The molecule has 1 aliphatic heterocycles. The molecule has 0 aromatic heterocycles. The predicted octanol–water partition coefficient (Wildman–Crippen LogP) is -0.586. The number of rotatable bonds is 52. The molecule has 0 unspecified atom stereocenters. The second-order valence-corrected chi connectivity index (χ2v) is 24.4. The summed E-state index contributed by atoms with van der Waals surface area (Å²) in [4.78, 5) is 199. The molecule has 0 saturated heterocycles. The fourth-order valence-corrected chi connectivity index (χ4v) is 9.81. The van der Waals surface area contributed by atoms with Gasteiger partial charge in [-0.25, -0.2) is 14.4 Å². The van der Waals surface area contributed by atoms with Gasteiger partial charge >= 0.3 is 29.9 Å². The lowest BCUT2D eigenvalue weighted by Gasteiger charge is -2.26. The van der Waals surface area contributed by atoms with Gasteiger partial charge in [0, 0.05) is 94.1 Å². The van der Waals surface area contributed by atoms with E-state index < -0.39 is 145 Å². The Balaban J connectivity index is 1.31. The number of nitrogens with zero attached hydrogens (tertiary/aromatic N) is 1. The highest BCUT2D eigenvalue weighted by molar-refractivity contribution is 6.13.